The highest BCUT2D eigenvalue weighted by atomic mass is 16.5. The summed E-state index contributed by atoms with van der Waals surface area (Å²) < 4.78 is 10.1. The van der Waals surface area contributed by atoms with E-state index in [0.29, 0.717) is 42.2 Å². The van der Waals surface area contributed by atoms with Crippen LogP contribution in [-0.4, -0.2) is 54.0 Å². The van der Waals surface area contributed by atoms with Crippen molar-refractivity contribution in [1.29, 1.82) is 0 Å². The van der Waals surface area contributed by atoms with Gasteiger partial charge in [-0.1, -0.05) is 0 Å². The average Bonchev–Trinajstić information content (AvgIpc) is 2.89. The molecule has 1 amide bonds. The lowest BCUT2D eigenvalue weighted by Gasteiger charge is -2.31. The first kappa shape index (κ1) is 19.0. The Hall–Kier alpha value is -2.31. The van der Waals surface area contributed by atoms with E-state index >= 15 is 0 Å². The van der Waals surface area contributed by atoms with Crippen molar-refractivity contribution in [2.45, 2.75) is 40.5 Å². The molecule has 1 fully saturated rings. The molecule has 1 aliphatic heterocycles. The van der Waals surface area contributed by atoms with E-state index in [1.807, 2.05) is 0 Å². The van der Waals surface area contributed by atoms with E-state index in [1.54, 1.807) is 32.6 Å². The van der Waals surface area contributed by atoms with Crippen LogP contribution in [0, 0.1) is 19.8 Å². The number of amides is 1. The first-order valence-electron chi connectivity index (χ1n) is 8.72. The average molecular weight is 350 g/mol. The molecule has 1 aromatic rings. The molecule has 0 radical (unpaired) electrons. The van der Waals surface area contributed by atoms with Gasteiger partial charge in [0.1, 0.15) is 5.69 Å². The normalized spacial score (nSPS) is 17.3. The number of hydrogen-bond donors (Lipinski definition) is 1. The predicted octanol–water partition coefficient (Wildman–Crippen LogP) is 2.22. The van der Waals surface area contributed by atoms with Crippen LogP contribution in [0.25, 0.3) is 0 Å². The molecule has 0 aliphatic carbocycles. The van der Waals surface area contributed by atoms with Gasteiger partial charge in [-0.3, -0.25) is 9.59 Å². The van der Waals surface area contributed by atoms with Crippen LogP contribution in [0.15, 0.2) is 0 Å². The summed E-state index contributed by atoms with van der Waals surface area (Å²) in [4.78, 5) is 41.6. The Labute approximate surface area is 147 Å². The molecular formula is C18H26N2O5. The molecule has 0 saturated carbocycles. The Morgan fingerprint density at radius 2 is 1.84 bits per heavy atom. The third-order valence-corrected chi connectivity index (χ3v) is 4.46. The number of hydrogen-bond acceptors (Lipinski definition) is 5. The van der Waals surface area contributed by atoms with Gasteiger partial charge in [0.25, 0.3) is 5.91 Å². The topological polar surface area (TPSA) is 88.7 Å². The monoisotopic (exact) mass is 350 g/mol. The molecule has 7 nitrogen and oxygen atoms in total. The lowest BCUT2D eigenvalue weighted by atomic mass is 9.97. The predicted molar refractivity (Wildman–Crippen MR) is 91.5 cm³/mol. The van der Waals surface area contributed by atoms with Crippen molar-refractivity contribution in [3.63, 3.8) is 0 Å². The van der Waals surface area contributed by atoms with Gasteiger partial charge in [-0.25, -0.2) is 4.79 Å². The number of aryl methyl sites for hydroxylation is 1. The summed E-state index contributed by atoms with van der Waals surface area (Å²) in [6, 6.07) is 0. The summed E-state index contributed by atoms with van der Waals surface area (Å²) in [5.74, 6) is -1.18. The van der Waals surface area contributed by atoms with Crippen LogP contribution in [0.2, 0.25) is 0 Å². The third-order valence-electron chi connectivity index (χ3n) is 4.46. The van der Waals surface area contributed by atoms with Gasteiger partial charge in [0.05, 0.1) is 24.7 Å². The molecule has 1 aliphatic rings. The number of H-pyrrole nitrogens is 1. The highest BCUT2D eigenvalue weighted by Crippen LogP contribution is 2.24. The van der Waals surface area contributed by atoms with Crippen LogP contribution in [0.4, 0.5) is 0 Å². The maximum atomic E-state index is 13.0. The highest BCUT2D eigenvalue weighted by Gasteiger charge is 2.32. The number of nitrogens with zero attached hydrogens (tertiary/aromatic N) is 1. The highest BCUT2D eigenvalue weighted by molar-refractivity contribution is 6.01. The first-order valence-corrected chi connectivity index (χ1v) is 8.72. The number of carbonyl (C=O) groups is 3. The first-order chi connectivity index (χ1) is 11.9. The van der Waals surface area contributed by atoms with E-state index in [-0.39, 0.29) is 24.4 Å². The molecule has 0 bridgehead atoms. The maximum Gasteiger partial charge on any atom is 0.355 e. The number of carbonyl (C=O) groups excluding carboxylic acids is 3. The van der Waals surface area contributed by atoms with E-state index in [1.165, 1.54) is 0 Å². The number of aromatic amines is 1. The van der Waals surface area contributed by atoms with Crippen LogP contribution in [0.5, 0.6) is 0 Å². The van der Waals surface area contributed by atoms with Gasteiger partial charge in [0.15, 0.2) is 0 Å². The Balaban J connectivity index is 2.20. The zero-order valence-corrected chi connectivity index (χ0v) is 15.3. The molecule has 2 heterocycles. The molecule has 1 atom stereocenters. The largest absolute Gasteiger partial charge is 0.466 e. The second kappa shape index (κ2) is 8.18. The molecule has 0 aromatic carbocycles. The fraction of sp³-hybridized carbons (Fsp3) is 0.611. The second-order valence-corrected chi connectivity index (χ2v) is 6.19. The Kier molecular flexibility index (Phi) is 6.22. The minimum absolute atomic E-state index is 0.171. The Morgan fingerprint density at radius 1 is 1.16 bits per heavy atom. The molecule has 138 valence electrons. The summed E-state index contributed by atoms with van der Waals surface area (Å²) in [7, 11) is 0. The van der Waals surface area contributed by atoms with Gasteiger partial charge in [-0.15, -0.1) is 0 Å². The summed E-state index contributed by atoms with van der Waals surface area (Å²) in [5.41, 5.74) is 2.00. The Bertz CT molecular complexity index is 665. The van der Waals surface area contributed by atoms with Crippen LogP contribution in [0.1, 0.15) is 58.8 Å². The van der Waals surface area contributed by atoms with Crippen molar-refractivity contribution in [2.24, 2.45) is 5.92 Å². The molecule has 1 unspecified atom stereocenters. The van der Waals surface area contributed by atoms with Crippen molar-refractivity contribution >= 4 is 17.8 Å². The second-order valence-electron chi connectivity index (χ2n) is 6.19. The van der Waals surface area contributed by atoms with Crippen molar-refractivity contribution in [3.05, 3.63) is 22.5 Å². The number of aromatic nitrogens is 1. The van der Waals surface area contributed by atoms with Crippen LogP contribution >= 0.6 is 0 Å². The van der Waals surface area contributed by atoms with Crippen molar-refractivity contribution < 1.29 is 23.9 Å². The van der Waals surface area contributed by atoms with Gasteiger partial charge >= 0.3 is 11.9 Å². The summed E-state index contributed by atoms with van der Waals surface area (Å²) in [5, 5.41) is 0. The standard InChI is InChI=1S/C18H26N2O5/c1-5-24-17(22)13-8-7-9-20(10-13)16(21)14-11(3)15(19-12(14)4)18(23)25-6-2/h13,19H,5-10H2,1-4H3. The maximum absolute atomic E-state index is 13.0. The van der Waals surface area contributed by atoms with Gasteiger partial charge in [0.2, 0.25) is 0 Å². The molecule has 25 heavy (non-hydrogen) atoms. The van der Waals surface area contributed by atoms with Crippen LogP contribution in [-0.2, 0) is 14.3 Å². The van der Waals surface area contributed by atoms with Crippen molar-refractivity contribution in [1.82, 2.24) is 9.88 Å². The number of ether oxygens (including phenoxy) is 2. The third kappa shape index (κ3) is 4.03. The van der Waals surface area contributed by atoms with Crippen molar-refractivity contribution in [3.8, 4) is 0 Å². The lowest BCUT2D eigenvalue weighted by molar-refractivity contribution is -0.149. The molecule has 1 saturated heterocycles. The minimum atomic E-state index is -0.467. The number of rotatable bonds is 5. The van der Waals surface area contributed by atoms with E-state index < -0.39 is 5.97 Å². The minimum Gasteiger partial charge on any atom is -0.466 e. The summed E-state index contributed by atoms with van der Waals surface area (Å²) in [6.07, 6.45) is 1.48. The molecule has 1 N–H and O–H groups in total. The van der Waals surface area contributed by atoms with Gasteiger partial charge in [-0.2, -0.15) is 0 Å². The van der Waals surface area contributed by atoms with Crippen LogP contribution < -0.4 is 0 Å². The van der Waals surface area contributed by atoms with Gasteiger partial charge in [0, 0.05) is 18.8 Å². The molecule has 1 aromatic heterocycles. The summed E-state index contributed by atoms with van der Waals surface area (Å²) >= 11 is 0. The summed E-state index contributed by atoms with van der Waals surface area (Å²) in [6.45, 7) is 8.54. The Morgan fingerprint density at radius 3 is 2.48 bits per heavy atom. The van der Waals surface area contributed by atoms with E-state index in [0.717, 1.165) is 12.8 Å². The SMILES string of the molecule is CCOC(=O)c1[nH]c(C)c(C(=O)N2CCCC(C(=O)OCC)C2)c1C. The number of likely N-dealkylation sites (tertiary alicyclic amines) is 1. The zero-order chi connectivity index (χ0) is 18.6. The lowest BCUT2D eigenvalue weighted by Crippen LogP contribution is -2.43. The molecule has 2 rings (SSSR count). The molecule has 7 heteroatoms. The van der Waals surface area contributed by atoms with Gasteiger partial charge in [-0.05, 0) is 46.1 Å². The number of piperidine rings is 1. The van der Waals surface area contributed by atoms with E-state index in [4.69, 9.17) is 9.47 Å². The van der Waals surface area contributed by atoms with Crippen LogP contribution in [0.3, 0.4) is 0 Å². The molecular weight excluding hydrogens is 324 g/mol. The van der Waals surface area contributed by atoms with Gasteiger partial charge < -0.3 is 19.4 Å². The van der Waals surface area contributed by atoms with E-state index in [9.17, 15) is 14.4 Å². The molecule has 0 spiro atoms. The smallest absolute Gasteiger partial charge is 0.355 e. The quantitative estimate of drug-likeness (QED) is 0.823. The van der Waals surface area contributed by atoms with E-state index in [2.05, 4.69) is 4.98 Å². The fourth-order valence-electron chi connectivity index (χ4n) is 3.25. The fourth-order valence-corrected chi connectivity index (χ4v) is 3.25. The zero-order valence-electron chi connectivity index (χ0n) is 15.3. The number of esters is 2. The number of nitrogens with one attached hydrogen (secondary N) is 1. The van der Waals surface area contributed by atoms with Crippen molar-refractivity contribution in [2.75, 3.05) is 26.3 Å².